The Morgan fingerprint density at radius 1 is 1.36 bits per heavy atom. The van der Waals surface area contributed by atoms with Crippen molar-refractivity contribution in [2.75, 3.05) is 14.1 Å². The average molecular weight is 278 g/mol. The first kappa shape index (κ1) is 11.8. The van der Waals surface area contributed by atoms with Crippen LogP contribution in [-0.4, -0.2) is 22.9 Å². The number of alkyl halides is 1. The third kappa shape index (κ3) is 2.42. The first-order valence-corrected chi connectivity index (χ1v) is 6.23. The predicted molar refractivity (Wildman–Crippen MR) is 61.6 cm³/mol. The fourth-order valence-electron chi connectivity index (χ4n) is 1.03. The number of hydrogen-bond acceptors (Lipinski definition) is 2. The molecule has 14 heavy (non-hydrogen) atoms. The highest BCUT2D eigenvalue weighted by molar-refractivity contribution is 9.08. The van der Waals surface area contributed by atoms with E-state index in [0.29, 0.717) is 0 Å². The lowest BCUT2D eigenvalue weighted by atomic mass is 10.2. The Morgan fingerprint density at radius 2 is 1.86 bits per heavy atom. The van der Waals surface area contributed by atoms with Crippen LogP contribution in [0.5, 0.6) is 0 Å². The summed E-state index contributed by atoms with van der Waals surface area (Å²) in [6.07, 6.45) is 0. The second-order valence-electron chi connectivity index (χ2n) is 3.37. The van der Waals surface area contributed by atoms with Gasteiger partial charge in [0.1, 0.15) is 5.69 Å². The molecule has 5 heteroatoms. The number of hydrogen-bond donors (Lipinski definition) is 0. The van der Waals surface area contributed by atoms with E-state index in [-0.39, 0.29) is 3.89 Å². The zero-order valence-corrected chi connectivity index (χ0v) is 10.5. The van der Waals surface area contributed by atoms with Crippen molar-refractivity contribution >= 4 is 32.9 Å². The third-order valence-corrected chi connectivity index (χ3v) is 3.69. The number of benzene rings is 1. The molecule has 0 saturated carbocycles. The molecule has 3 nitrogen and oxygen atoms in total. The summed E-state index contributed by atoms with van der Waals surface area (Å²) in [5.41, 5.74) is 1.88. The molecular formula is C9H12BrNO2S. The highest BCUT2D eigenvalue weighted by Crippen LogP contribution is 2.21. The quantitative estimate of drug-likeness (QED) is 0.481. The first-order valence-electron chi connectivity index (χ1n) is 4.08. The molecule has 0 aliphatic carbocycles. The van der Waals surface area contributed by atoms with Gasteiger partial charge in [-0.3, -0.25) is 0 Å². The van der Waals surface area contributed by atoms with Gasteiger partial charge in [0.2, 0.25) is 0 Å². The predicted octanol–water partition coefficient (Wildman–Crippen LogP) is 1.94. The summed E-state index contributed by atoms with van der Waals surface area (Å²) >= 11 is 1.17. The topological polar surface area (TPSA) is 40.1 Å². The zero-order valence-electron chi connectivity index (χ0n) is 8.07. The normalized spacial score (nSPS) is 14.0. The average Bonchev–Trinajstić information content (AvgIpc) is 2.17. The number of nitrogens with zero attached hydrogens (tertiary/aromatic N) is 1. The van der Waals surface area contributed by atoms with E-state index < -0.39 is 11.3 Å². The summed E-state index contributed by atoms with van der Waals surface area (Å²) in [5.74, 6) is 0. The molecule has 0 aromatic heterocycles. The van der Waals surface area contributed by atoms with E-state index in [4.69, 9.17) is 0 Å². The molecule has 0 aliphatic heterocycles. The molecule has 0 amide bonds. The molecule has 0 bridgehead atoms. The molecule has 0 N–H and O–H groups in total. The van der Waals surface area contributed by atoms with Crippen molar-refractivity contribution in [2.24, 2.45) is 0 Å². The molecule has 0 radical (unpaired) electrons. The lowest BCUT2D eigenvalue weighted by Crippen LogP contribution is -2.41. The Balaban J connectivity index is 3.02. The Morgan fingerprint density at radius 3 is 2.21 bits per heavy atom. The number of quaternary nitrogens is 1. The summed E-state index contributed by atoms with van der Waals surface area (Å²) in [7, 11) is 3.26. The highest BCUT2D eigenvalue weighted by Gasteiger charge is 2.20. The maximum atomic E-state index is 10.9. The monoisotopic (exact) mass is 277 g/mol. The van der Waals surface area contributed by atoms with Crippen molar-refractivity contribution in [2.45, 2.75) is 5.33 Å². The highest BCUT2D eigenvalue weighted by atomic mass is 79.9. The summed E-state index contributed by atoms with van der Waals surface area (Å²) in [4.78, 5) is 0. The molecule has 1 unspecified atom stereocenters. The van der Waals surface area contributed by atoms with Gasteiger partial charge in [-0.1, -0.05) is 28.1 Å². The summed E-state index contributed by atoms with van der Waals surface area (Å²) in [6.45, 7) is 0. The molecule has 0 aliphatic rings. The Labute approximate surface area is 94.9 Å². The van der Waals surface area contributed by atoms with Crippen LogP contribution >= 0.6 is 15.9 Å². The van der Waals surface area contributed by atoms with Gasteiger partial charge in [-0.25, -0.2) is 8.10 Å². The molecule has 0 spiro atoms. The van der Waals surface area contributed by atoms with E-state index in [1.54, 1.807) is 14.1 Å². The van der Waals surface area contributed by atoms with E-state index in [9.17, 15) is 8.76 Å². The second kappa shape index (κ2) is 4.53. The minimum Gasteiger partial charge on any atom is -0.724 e. The van der Waals surface area contributed by atoms with Crippen molar-refractivity contribution in [3.05, 3.63) is 29.8 Å². The zero-order chi connectivity index (χ0) is 10.8. The molecule has 0 heterocycles. The van der Waals surface area contributed by atoms with Crippen LogP contribution in [0.1, 0.15) is 5.56 Å². The molecule has 1 rings (SSSR count). The van der Waals surface area contributed by atoms with Crippen LogP contribution in [-0.2, 0) is 16.6 Å². The van der Waals surface area contributed by atoms with Gasteiger partial charge in [0.15, 0.2) is 11.3 Å². The van der Waals surface area contributed by atoms with Crippen LogP contribution in [0, 0.1) is 0 Å². The fraction of sp³-hybridized carbons (Fsp3) is 0.333. The van der Waals surface area contributed by atoms with Crippen LogP contribution < -0.4 is 3.89 Å². The van der Waals surface area contributed by atoms with Gasteiger partial charge in [0.05, 0.1) is 14.1 Å². The van der Waals surface area contributed by atoms with E-state index in [1.807, 2.05) is 24.3 Å². The Hall–Kier alpha value is -0.230. The fourth-order valence-corrected chi connectivity index (χ4v) is 1.70. The molecule has 0 fully saturated rings. The first-order chi connectivity index (χ1) is 6.48. The Bertz CT molecular complexity index is 337. The molecular weight excluding hydrogens is 266 g/mol. The van der Waals surface area contributed by atoms with Gasteiger partial charge in [0, 0.05) is 17.5 Å². The van der Waals surface area contributed by atoms with Crippen LogP contribution in [0.4, 0.5) is 5.69 Å². The van der Waals surface area contributed by atoms with Crippen LogP contribution in [0.25, 0.3) is 0 Å². The molecule has 1 atom stereocenters. The SMILES string of the molecule is C[N+](C)(c1ccc(CBr)cc1)S(=O)[O-]. The van der Waals surface area contributed by atoms with Crippen LogP contribution in [0.15, 0.2) is 24.3 Å². The maximum Gasteiger partial charge on any atom is 0.153 e. The van der Waals surface area contributed by atoms with E-state index in [2.05, 4.69) is 15.9 Å². The maximum absolute atomic E-state index is 10.9. The van der Waals surface area contributed by atoms with Gasteiger partial charge in [-0.05, 0) is 5.56 Å². The van der Waals surface area contributed by atoms with E-state index >= 15 is 0 Å². The minimum absolute atomic E-state index is 0.150. The van der Waals surface area contributed by atoms with Crippen molar-refractivity contribution in [1.29, 1.82) is 0 Å². The van der Waals surface area contributed by atoms with Gasteiger partial charge in [-0.2, -0.15) is 0 Å². The van der Waals surface area contributed by atoms with Crippen molar-refractivity contribution in [3.8, 4) is 0 Å². The van der Waals surface area contributed by atoms with Gasteiger partial charge in [-0.15, -0.1) is 0 Å². The lowest BCUT2D eigenvalue weighted by molar-refractivity contribution is 0.465. The van der Waals surface area contributed by atoms with Gasteiger partial charge < -0.3 is 4.55 Å². The third-order valence-electron chi connectivity index (χ3n) is 2.09. The summed E-state index contributed by atoms with van der Waals surface area (Å²) in [5, 5.41) is 0.779. The molecule has 1 aromatic carbocycles. The van der Waals surface area contributed by atoms with Crippen molar-refractivity contribution < 1.29 is 8.76 Å². The van der Waals surface area contributed by atoms with Crippen LogP contribution in [0.2, 0.25) is 0 Å². The molecule has 1 aromatic rings. The molecule has 0 saturated heterocycles. The van der Waals surface area contributed by atoms with Crippen molar-refractivity contribution in [3.63, 3.8) is 0 Å². The second-order valence-corrected chi connectivity index (χ2v) is 5.28. The minimum atomic E-state index is -2.16. The van der Waals surface area contributed by atoms with E-state index in [1.165, 1.54) is 0 Å². The number of halogens is 1. The van der Waals surface area contributed by atoms with Gasteiger partial charge >= 0.3 is 0 Å². The number of rotatable bonds is 3. The Kier molecular flexibility index (Phi) is 3.83. The van der Waals surface area contributed by atoms with E-state index in [0.717, 1.165) is 16.6 Å². The van der Waals surface area contributed by atoms with Crippen LogP contribution in [0.3, 0.4) is 0 Å². The smallest absolute Gasteiger partial charge is 0.153 e. The van der Waals surface area contributed by atoms with Gasteiger partial charge in [0.25, 0.3) is 0 Å². The standard InChI is InChI=1S/C9H12BrNO2S/c1-11(2,14(12)13)9-5-3-8(7-10)4-6-9/h3-6H,7H2,1-2H3. The summed E-state index contributed by atoms with van der Waals surface area (Å²) in [6, 6.07) is 7.48. The summed E-state index contributed by atoms with van der Waals surface area (Å²) < 4.78 is 21.7. The lowest BCUT2D eigenvalue weighted by Gasteiger charge is -2.29. The largest absolute Gasteiger partial charge is 0.724 e. The molecule has 78 valence electrons. The van der Waals surface area contributed by atoms with Crippen molar-refractivity contribution in [1.82, 2.24) is 3.89 Å².